The van der Waals surface area contributed by atoms with Gasteiger partial charge in [-0.25, -0.2) is 0 Å². The van der Waals surface area contributed by atoms with Crippen molar-refractivity contribution in [1.82, 2.24) is 4.90 Å². The predicted molar refractivity (Wildman–Crippen MR) is 69.3 cm³/mol. The molecule has 1 aromatic rings. The van der Waals surface area contributed by atoms with Gasteiger partial charge in [0.25, 0.3) is 5.91 Å². The Morgan fingerprint density at radius 1 is 1.39 bits per heavy atom. The standard InChI is InChI=1S/C15H19NO2/c1-10-5-6-13-12(7-10)9-16(15(13)18)8-11-3-2-4-14(11)17/h5-7,11,14,17H,2-4,8-9H2,1H3. The second-order valence-corrected chi connectivity index (χ2v) is 5.60. The lowest BCUT2D eigenvalue weighted by atomic mass is 10.1. The van der Waals surface area contributed by atoms with Gasteiger partial charge in [0.1, 0.15) is 0 Å². The molecule has 3 nitrogen and oxygen atoms in total. The Morgan fingerprint density at radius 2 is 2.22 bits per heavy atom. The molecule has 1 amide bonds. The summed E-state index contributed by atoms with van der Waals surface area (Å²) < 4.78 is 0. The molecular formula is C15H19NO2. The van der Waals surface area contributed by atoms with Crippen molar-refractivity contribution in [3.63, 3.8) is 0 Å². The van der Waals surface area contributed by atoms with Crippen LogP contribution in [0.25, 0.3) is 0 Å². The Balaban J connectivity index is 1.76. The van der Waals surface area contributed by atoms with Crippen LogP contribution in [0.4, 0.5) is 0 Å². The Bertz CT molecular complexity index is 483. The van der Waals surface area contributed by atoms with Crippen LogP contribution in [0.3, 0.4) is 0 Å². The number of fused-ring (bicyclic) bond motifs is 1. The van der Waals surface area contributed by atoms with Crippen LogP contribution in [0, 0.1) is 12.8 Å². The summed E-state index contributed by atoms with van der Waals surface area (Å²) in [4.78, 5) is 14.1. The third-order valence-corrected chi connectivity index (χ3v) is 4.21. The molecule has 1 aliphatic heterocycles. The molecule has 0 aromatic heterocycles. The molecule has 18 heavy (non-hydrogen) atoms. The number of aryl methyl sites for hydroxylation is 1. The fraction of sp³-hybridized carbons (Fsp3) is 0.533. The van der Waals surface area contributed by atoms with Crippen LogP contribution in [0.1, 0.15) is 40.7 Å². The molecule has 1 aromatic carbocycles. The zero-order chi connectivity index (χ0) is 12.7. The average molecular weight is 245 g/mol. The van der Waals surface area contributed by atoms with Crippen LogP contribution >= 0.6 is 0 Å². The highest BCUT2D eigenvalue weighted by Gasteiger charge is 2.33. The van der Waals surface area contributed by atoms with Crippen molar-refractivity contribution in [1.29, 1.82) is 0 Å². The maximum Gasteiger partial charge on any atom is 0.254 e. The van der Waals surface area contributed by atoms with E-state index in [0.717, 1.165) is 30.4 Å². The molecule has 1 N–H and O–H groups in total. The van der Waals surface area contributed by atoms with Crippen LogP contribution < -0.4 is 0 Å². The first-order valence-electron chi connectivity index (χ1n) is 6.72. The number of nitrogens with zero attached hydrogens (tertiary/aromatic N) is 1. The second-order valence-electron chi connectivity index (χ2n) is 5.60. The zero-order valence-electron chi connectivity index (χ0n) is 10.7. The van der Waals surface area contributed by atoms with E-state index in [4.69, 9.17) is 0 Å². The molecule has 0 bridgehead atoms. The van der Waals surface area contributed by atoms with E-state index in [2.05, 4.69) is 6.07 Å². The summed E-state index contributed by atoms with van der Waals surface area (Å²) in [5.41, 5.74) is 3.17. The van der Waals surface area contributed by atoms with Gasteiger partial charge in [0.2, 0.25) is 0 Å². The number of aliphatic hydroxyl groups is 1. The number of benzene rings is 1. The molecule has 0 saturated heterocycles. The van der Waals surface area contributed by atoms with Gasteiger partial charge in [0, 0.05) is 24.6 Å². The van der Waals surface area contributed by atoms with E-state index in [1.54, 1.807) is 0 Å². The van der Waals surface area contributed by atoms with Gasteiger partial charge in [0.15, 0.2) is 0 Å². The molecular weight excluding hydrogens is 226 g/mol. The quantitative estimate of drug-likeness (QED) is 0.867. The third kappa shape index (κ3) is 1.93. The number of hydrogen-bond donors (Lipinski definition) is 1. The monoisotopic (exact) mass is 245 g/mol. The molecule has 1 saturated carbocycles. The van der Waals surface area contributed by atoms with E-state index in [0.29, 0.717) is 13.1 Å². The van der Waals surface area contributed by atoms with Crippen LogP contribution in [0.2, 0.25) is 0 Å². The van der Waals surface area contributed by atoms with Crippen molar-refractivity contribution in [2.24, 2.45) is 5.92 Å². The summed E-state index contributed by atoms with van der Waals surface area (Å²) in [7, 11) is 0. The molecule has 1 aliphatic carbocycles. The maximum absolute atomic E-state index is 12.2. The fourth-order valence-corrected chi connectivity index (χ4v) is 3.17. The number of carbonyl (C=O) groups excluding carboxylic acids is 1. The van der Waals surface area contributed by atoms with Crippen molar-refractivity contribution in [2.75, 3.05) is 6.54 Å². The van der Waals surface area contributed by atoms with Crippen molar-refractivity contribution in [2.45, 2.75) is 38.8 Å². The van der Waals surface area contributed by atoms with E-state index in [9.17, 15) is 9.90 Å². The minimum Gasteiger partial charge on any atom is -0.393 e. The Morgan fingerprint density at radius 3 is 2.94 bits per heavy atom. The van der Waals surface area contributed by atoms with Crippen LogP contribution in [0.15, 0.2) is 18.2 Å². The highest BCUT2D eigenvalue weighted by Crippen LogP contribution is 2.30. The average Bonchev–Trinajstić information content (AvgIpc) is 2.86. The lowest BCUT2D eigenvalue weighted by Crippen LogP contribution is -2.33. The molecule has 2 unspecified atom stereocenters. The molecule has 96 valence electrons. The van der Waals surface area contributed by atoms with Gasteiger partial charge in [-0.3, -0.25) is 4.79 Å². The van der Waals surface area contributed by atoms with Crippen LogP contribution in [-0.4, -0.2) is 28.6 Å². The topological polar surface area (TPSA) is 40.5 Å². The van der Waals surface area contributed by atoms with Gasteiger partial charge in [0.05, 0.1) is 6.10 Å². The Labute approximate surface area is 107 Å². The van der Waals surface area contributed by atoms with Crippen molar-refractivity contribution in [3.8, 4) is 0 Å². The van der Waals surface area contributed by atoms with Gasteiger partial charge in [-0.05, 0) is 31.4 Å². The molecule has 0 spiro atoms. The van der Waals surface area contributed by atoms with Crippen molar-refractivity contribution in [3.05, 3.63) is 34.9 Å². The summed E-state index contributed by atoms with van der Waals surface area (Å²) in [6, 6.07) is 6.01. The molecule has 1 heterocycles. The normalized spacial score (nSPS) is 26.8. The highest BCUT2D eigenvalue weighted by atomic mass is 16.3. The first-order valence-corrected chi connectivity index (χ1v) is 6.72. The smallest absolute Gasteiger partial charge is 0.254 e. The van der Waals surface area contributed by atoms with Crippen LogP contribution in [0.5, 0.6) is 0 Å². The summed E-state index contributed by atoms with van der Waals surface area (Å²) in [5, 5.41) is 9.86. The maximum atomic E-state index is 12.2. The van der Waals surface area contributed by atoms with E-state index in [-0.39, 0.29) is 17.9 Å². The minimum absolute atomic E-state index is 0.129. The van der Waals surface area contributed by atoms with Gasteiger partial charge >= 0.3 is 0 Å². The summed E-state index contributed by atoms with van der Waals surface area (Å²) >= 11 is 0. The zero-order valence-corrected chi connectivity index (χ0v) is 10.7. The first kappa shape index (κ1) is 11.7. The lowest BCUT2D eigenvalue weighted by Gasteiger charge is -2.22. The number of rotatable bonds is 2. The first-order chi connectivity index (χ1) is 8.65. The minimum atomic E-state index is -0.219. The molecule has 3 heteroatoms. The van der Waals surface area contributed by atoms with Gasteiger partial charge in [-0.1, -0.05) is 24.1 Å². The molecule has 0 radical (unpaired) electrons. The van der Waals surface area contributed by atoms with E-state index in [1.807, 2.05) is 24.0 Å². The van der Waals surface area contributed by atoms with E-state index in [1.165, 1.54) is 5.56 Å². The van der Waals surface area contributed by atoms with Crippen molar-refractivity contribution < 1.29 is 9.90 Å². The summed E-state index contributed by atoms with van der Waals surface area (Å²) in [5.74, 6) is 0.397. The molecule has 1 fully saturated rings. The number of carbonyl (C=O) groups is 1. The third-order valence-electron chi connectivity index (χ3n) is 4.21. The van der Waals surface area contributed by atoms with Gasteiger partial charge in [-0.15, -0.1) is 0 Å². The fourth-order valence-electron chi connectivity index (χ4n) is 3.17. The van der Waals surface area contributed by atoms with Crippen LogP contribution in [-0.2, 0) is 6.54 Å². The Kier molecular flexibility index (Phi) is 2.86. The largest absolute Gasteiger partial charge is 0.393 e. The summed E-state index contributed by atoms with van der Waals surface area (Å²) in [6.07, 6.45) is 2.79. The molecule has 3 rings (SSSR count). The Hall–Kier alpha value is -1.35. The summed E-state index contributed by atoms with van der Waals surface area (Å²) in [6.45, 7) is 3.46. The molecule has 2 aliphatic rings. The second kappa shape index (κ2) is 4.39. The predicted octanol–water partition coefficient (Wildman–Crippen LogP) is 2.11. The lowest BCUT2D eigenvalue weighted by molar-refractivity contribution is 0.0661. The van der Waals surface area contributed by atoms with Gasteiger partial charge in [-0.2, -0.15) is 0 Å². The van der Waals surface area contributed by atoms with Gasteiger partial charge < -0.3 is 10.0 Å². The number of hydrogen-bond acceptors (Lipinski definition) is 2. The number of aliphatic hydroxyl groups excluding tert-OH is 1. The highest BCUT2D eigenvalue weighted by molar-refractivity contribution is 5.98. The van der Waals surface area contributed by atoms with Crippen molar-refractivity contribution >= 4 is 5.91 Å². The van der Waals surface area contributed by atoms with E-state index >= 15 is 0 Å². The SMILES string of the molecule is Cc1ccc2c(c1)CN(CC1CCCC1O)C2=O. The van der Waals surface area contributed by atoms with E-state index < -0.39 is 0 Å². The number of amides is 1. The molecule has 2 atom stereocenters.